The molecule has 36 heavy (non-hydrogen) atoms. The van der Waals surface area contributed by atoms with E-state index in [2.05, 4.69) is 25.5 Å². The lowest BCUT2D eigenvalue weighted by molar-refractivity contribution is 0.102. The minimum absolute atomic E-state index is 0.0316. The Morgan fingerprint density at radius 2 is 1.89 bits per heavy atom. The molecule has 0 aliphatic carbocycles. The minimum Gasteiger partial charge on any atom is -0.491 e. The highest BCUT2D eigenvalue weighted by molar-refractivity contribution is 6.30. The summed E-state index contributed by atoms with van der Waals surface area (Å²) in [4.78, 5) is 33.1. The van der Waals surface area contributed by atoms with Crippen molar-refractivity contribution in [2.24, 2.45) is 0 Å². The van der Waals surface area contributed by atoms with Crippen LogP contribution in [0.5, 0.6) is 5.75 Å². The van der Waals surface area contributed by atoms with E-state index in [0.717, 1.165) is 0 Å². The van der Waals surface area contributed by atoms with Gasteiger partial charge in [-0.15, -0.1) is 0 Å². The van der Waals surface area contributed by atoms with E-state index in [-0.39, 0.29) is 18.0 Å². The van der Waals surface area contributed by atoms with E-state index in [1.54, 1.807) is 55.5 Å². The number of nitrogens with one attached hydrogen (secondary N) is 2. The van der Waals surface area contributed by atoms with Crippen LogP contribution in [0.3, 0.4) is 0 Å². The third-order valence-corrected chi connectivity index (χ3v) is 5.48. The maximum absolute atomic E-state index is 12.9. The van der Waals surface area contributed by atoms with Crippen LogP contribution in [0.15, 0.2) is 65.6 Å². The van der Waals surface area contributed by atoms with Gasteiger partial charge < -0.3 is 10.1 Å². The second-order valence-corrected chi connectivity index (χ2v) is 8.83. The number of rotatable bonds is 6. The third-order valence-electron chi connectivity index (χ3n) is 5.24. The molecule has 0 aliphatic heterocycles. The lowest BCUT2D eigenvalue weighted by atomic mass is 10.2. The maximum Gasteiger partial charge on any atom is 0.263 e. The Balaban J connectivity index is 1.50. The zero-order valence-electron chi connectivity index (χ0n) is 19.7. The van der Waals surface area contributed by atoms with Crippen molar-refractivity contribution >= 4 is 34.4 Å². The van der Waals surface area contributed by atoms with E-state index in [9.17, 15) is 9.59 Å². The van der Waals surface area contributed by atoms with Crippen molar-refractivity contribution in [3.8, 4) is 17.4 Å². The van der Waals surface area contributed by atoms with Crippen LogP contribution in [0.25, 0.3) is 22.7 Å². The molecule has 5 aromatic rings. The number of H-pyrrole nitrogens is 1. The molecule has 182 valence electrons. The van der Waals surface area contributed by atoms with Gasteiger partial charge in [0.05, 0.1) is 23.7 Å². The summed E-state index contributed by atoms with van der Waals surface area (Å²) in [7, 11) is 0. The molecule has 3 aromatic heterocycles. The molecule has 0 bridgehead atoms. The topological polar surface area (TPSA) is 120 Å². The lowest BCUT2D eigenvalue weighted by Gasteiger charge is -2.11. The van der Waals surface area contributed by atoms with Crippen LogP contribution in [0.4, 0.5) is 5.82 Å². The average molecular weight is 504 g/mol. The molecule has 0 atom stereocenters. The zero-order chi connectivity index (χ0) is 25.4. The van der Waals surface area contributed by atoms with Crippen molar-refractivity contribution in [3.05, 3.63) is 87.4 Å². The molecule has 2 N–H and O–H groups in total. The SMILES string of the molecule is Cc1cc(NC(=O)c2ccc(OC(C)C)cc2)n(-c2nc3c(cnn3-c3cccc(Cl)c3)c(=O)[nH]2)n1. The van der Waals surface area contributed by atoms with Crippen LogP contribution in [-0.4, -0.2) is 41.5 Å². The van der Waals surface area contributed by atoms with Crippen molar-refractivity contribution in [3.63, 3.8) is 0 Å². The van der Waals surface area contributed by atoms with Crippen LogP contribution in [0.1, 0.15) is 29.9 Å². The highest BCUT2D eigenvalue weighted by Gasteiger charge is 2.18. The Hall–Kier alpha value is -4.44. The number of aryl methyl sites for hydroxylation is 1. The Bertz CT molecular complexity index is 1630. The number of nitrogens with zero attached hydrogens (tertiary/aromatic N) is 5. The first-order valence-electron chi connectivity index (χ1n) is 11.2. The number of hydrogen-bond acceptors (Lipinski definition) is 6. The molecule has 11 heteroatoms. The van der Waals surface area contributed by atoms with Gasteiger partial charge in [-0.05, 0) is 63.2 Å². The van der Waals surface area contributed by atoms with Gasteiger partial charge in [-0.3, -0.25) is 14.6 Å². The summed E-state index contributed by atoms with van der Waals surface area (Å²) in [5.74, 6) is 0.796. The maximum atomic E-state index is 12.9. The lowest BCUT2D eigenvalue weighted by Crippen LogP contribution is -2.19. The smallest absolute Gasteiger partial charge is 0.263 e. The Morgan fingerprint density at radius 3 is 2.61 bits per heavy atom. The monoisotopic (exact) mass is 503 g/mol. The summed E-state index contributed by atoms with van der Waals surface area (Å²) in [5.41, 5.74) is 1.64. The van der Waals surface area contributed by atoms with Gasteiger partial charge in [0.15, 0.2) is 5.65 Å². The van der Waals surface area contributed by atoms with Gasteiger partial charge >= 0.3 is 0 Å². The predicted octanol–water partition coefficient (Wildman–Crippen LogP) is 4.30. The second kappa shape index (κ2) is 9.31. The average Bonchev–Trinajstić information content (AvgIpc) is 3.42. The number of halogens is 1. The molecule has 0 saturated heterocycles. The largest absolute Gasteiger partial charge is 0.491 e. The number of aromatic amines is 1. The van der Waals surface area contributed by atoms with Gasteiger partial charge in [-0.1, -0.05) is 17.7 Å². The van der Waals surface area contributed by atoms with E-state index < -0.39 is 5.56 Å². The van der Waals surface area contributed by atoms with Gasteiger partial charge in [0.25, 0.3) is 11.5 Å². The Kier molecular flexibility index (Phi) is 6.03. The number of fused-ring (bicyclic) bond motifs is 1. The number of carbonyl (C=O) groups is 1. The number of amides is 1. The first-order valence-corrected chi connectivity index (χ1v) is 11.6. The van der Waals surface area contributed by atoms with Crippen molar-refractivity contribution in [2.45, 2.75) is 26.9 Å². The molecule has 3 heterocycles. The molecular weight excluding hydrogens is 482 g/mol. The fourth-order valence-corrected chi connectivity index (χ4v) is 3.88. The predicted molar refractivity (Wildman–Crippen MR) is 137 cm³/mol. The molecule has 0 fully saturated rings. The summed E-state index contributed by atoms with van der Waals surface area (Å²) >= 11 is 6.13. The number of hydrogen-bond donors (Lipinski definition) is 2. The van der Waals surface area contributed by atoms with Crippen LogP contribution in [0.2, 0.25) is 5.02 Å². The van der Waals surface area contributed by atoms with Gasteiger partial charge in [0.1, 0.15) is 17.0 Å². The van der Waals surface area contributed by atoms with Gasteiger partial charge in [0, 0.05) is 16.7 Å². The highest BCUT2D eigenvalue weighted by atomic mass is 35.5. The quantitative estimate of drug-likeness (QED) is 0.356. The summed E-state index contributed by atoms with van der Waals surface area (Å²) in [6, 6.07) is 15.6. The highest BCUT2D eigenvalue weighted by Crippen LogP contribution is 2.21. The van der Waals surface area contributed by atoms with E-state index in [0.29, 0.717) is 44.6 Å². The van der Waals surface area contributed by atoms with Crippen molar-refractivity contribution in [1.82, 2.24) is 29.5 Å². The molecule has 0 radical (unpaired) electrons. The molecule has 0 spiro atoms. The molecule has 2 aromatic carbocycles. The Morgan fingerprint density at radius 1 is 1.11 bits per heavy atom. The summed E-state index contributed by atoms with van der Waals surface area (Å²) in [6.45, 7) is 5.64. The fourth-order valence-electron chi connectivity index (χ4n) is 3.70. The van der Waals surface area contributed by atoms with E-state index >= 15 is 0 Å². The number of carbonyl (C=O) groups excluding carboxylic acids is 1. The zero-order valence-corrected chi connectivity index (χ0v) is 20.4. The first kappa shape index (κ1) is 23.3. The van der Waals surface area contributed by atoms with E-state index in [1.165, 1.54) is 15.6 Å². The summed E-state index contributed by atoms with van der Waals surface area (Å²) < 4.78 is 8.53. The van der Waals surface area contributed by atoms with Gasteiger partial charge in [0.2, 0.25) is 5.95 Å². The number of ether oxygens (including phenoxy) is 1. The molecule has 1 amide bonds. The minimum atomic E-state index is -0.394. The van der Waals surface area contributed by atoms with Crippen LogP contribution >= 0.6 is 11.6 Å². The van der Waals surface area contributed by atoms with Gasteiger partial charge in [-0.25, -0.2) is 4.68 Å². The molecular formula is C25H22ClN7O3. The summed E-state index contributed by atoms with van der Waals surface area (Å²) in [5, 5.41) is 12.4. The number of anilines is 1. The normalized spacial score (nSPS) is 11.2. The first-order chi connectivity index (χ1) is 17.3. The third kappa shape index (κ3) is 4.58. The standard InChI is InChI=1S/C25H22ClN7O3/c1-14(2)36-19-9-7-16(8-10-19)23(34)28-21-11-15(3)31-33(21)25-29-22-20(24(35)30-25)13-27-32(22)18-6-4-5-17(26)12-18/h4-14H,1-3H3,(H,28,34)(H,29,30,35). The number of aromatic nitrogens is 6. The molecule has 0 unspecified atom stereocenters. The van der Waals surface area contributed by atoms with Crippen molar-refractivity contribution in [1.29, 1.82) is 0 Å². The molecule has 0 saturated carbocycles. The van der Waals surface area contributed by atoms with Crippen molar-refractivity contribution in [2.75, 3.05) is 5.32 Å². The Labute approximate surface area is 210 Å². The van der Waals surface area contributed by atoms with E-state index in [4.69, 9.17) is 16.3 Å². The second-order valence-electron chi connectivity index (χ2n) is 8.39. The molecule has 5 rings (SSSR count). The van der Waals surface area contributed by atoms with Crippen LogP contribution < -0.4 is 15.6 Å². The van der Waals surface area contributed by atoms with Crippen LogP contribution in [-0.2, 0) is 0 Å². The van der Waals surface area contributed by atoms with Crippen molar-refractivity contribution < 1.29 is 9.53 Å². The van der Waals surface area contributed by atoms with Gasteiger partial charge in [-0.2, -0.15) is 19.9 Å². The van der Waals surface area contributed by atoms with E-state index in [1.807, 2.05) is 19.9 Å². The fraction of sp³-hybridized carbons (Fsp3) is 0.160. The molecule has 0 aliphatic rings. The molecule has 10 nitrogen and oxygen atoms in total. The summed E-state index contributed by atoms with van der Waals surface area (Å²) in [6.07, 6.45) is 1.47. The number of benzene rings is 2. The van der Waals surface area contributed by atoms with Crippen LogP contribution in [0, 0.1) is 6.92 Å².